The highest BCUT2D eigenvalue weighted by Crippen LogP contribution is 2.04. The largest absolute Gasteiger partial charge is 0.396 e. The van der Waals surface area contributed by atoms with Gasteiger partial charge in [-0.2, -0.15) is 0 Å². The van der Waals surface area contributed by atoms with Gasteiger partial charge < -0.3 is 10.4 Å². The average molecular weight is 235 g/mol. The minimum absolute atomic E-state index is 0.0410. The molecule has 0 bridgehead atoms. The summed E-state index contributed by atoms with van der Waals surface area (Å²) in [4.78, 5) is 11.7. The molecule has 17 heavy (non-hydrogen) atoms. The van der Waals surface area contributed by atoms with E-state index in [4.69, 9.17) is 5.11 Å². The second-order valence-electron chi connectivity index (χ2n) is 4.50. The van der Waals surface area contributed by atoms with Crippen molar-refractivity contribution in [2.45, 2.75) is 39.2 Å². The first-order valence-corrected chi connectivity index (χ1v) is 6.07. The van der Waals surface area contributed by atoms with E-state index in [9.17, 15) is 4.79 Å². The summed E-state index contributed by atoms with van der Waals surface area (Å²) in [5, 5.41) is 11.6. The monoisotopic (exact) mass is 235 g/mol. The third-order valence-corrected chi connectivity index (χ3v) is 2.69. The lowest BCUT2D eigenvalue weighted by Crippen LogP contribution is -2.33. The van der Waals surface area contributed by atoms with Crippen molar-refractivity contribution >= 4 is 5.91 Å². The fraction of sp³-hybridized carbons (Fsp3) is 0.500. The van der Waals surface area contributed by atoms with Gasteiger partial charge >= 0.3 is 0 Å². The Morgan fingerprint density at radius 2 is 2.00 bits per heavy atom. The number of carbonyl (C=O) groups excluding carboxylic acids is 1. The number of amides is 1. The van der Waals surface area contributed by atoms with Gasteiger partial charge in [0, 0.05) is 12.6 Å². The maximum Gasteiger partial charge on any atom is 0.224 e. The highest BCUT2D eigenvalue weighted by molar-refractivity contribution is 5.78. The molecule has 0 spiro atoms. The number of aryl methyl sites for hydroxylation is 1. The Morgan fingerprint density at radius 3 is 2.59 bits per heavy atom. The van der Waals surface area contributed by atoms with Gasteiger partial charge in [0.25, 0.3) is 0 Å². The van der Waals surface area contributed by atoms with Crippen LogP contribution >= 0.6 is 0 Å². The Bertz CT molecular complexity index is 346. The first-order chi connectivity index (χ1) is 8.11. The van der Waals surface area contributed by atoms with Crippen molar-refractivity contribution in [1.29, 1.82) is 0 Å². The van der Waals surface area contributed by atoms with Crippen molar-refractivity contribution in [2.24, 2.45) is 0 Å². The van der Waals surface area contributed by atoms with Gasteiger partial charge in [-0.3, -0.25) is 4.79 Å². The lowest BCUT2D eigenvalue weighted by molar-refractivity contribution is -0.121. The van der Waals surface area contributed by atoms with Crippen LogP contribution in [0.5, 0.6) is 0 Å². The van der Waals surface area contributed by atoms with Crippen molar-refractivity contribution in [1.82, 2.24) is 5.32 Å². The number of rotatable bonds is 6. The molecule has 94 valence electrons. The van der Waals surface area contributed by atoms with Gasteiger partial charge in [-0.05, 0) is 32.3 Å². The van der Waals surface area contributed by atoms with Crippen LogP contribution in [-0.2, 0) is 11.2 Å². The third-order valence-electron chi connectivity index (χ3n) is 2.69. The molecule has 1 atom stereocenters. The molecule has 0 aliphatic rings. The number of carbonyl (C=O) groups is 1. The molecule has 1 aromatic carbocycles. The quantitative estimate of drug-likeness (QED) is 0.790. The number of hydrogen-bond acceptors (Lipinski definition) is 2. The van der Waals surface area contributed by atoms with Crippen LogP contribution in [-0.4, -0.2) is 23.7 Å². The Kier molecular flexibility index (Phi) is 5.70. The summed E-state index contributed by atoms with van der Waals surface area (Å²) in [6.45, 7) is 4.17. The van der Waals surface area contributed by atoms with Crippen molar-refractivity contribution in [3.63, 3.8) is 0 Å². The summed E-state index contributed by atoms with van der Waals surface area (Å²) in [5.74, 6) is 0.0410. The van der Waals surface area contributed by atoms with Crippen molar-refractivity contribution in [2.75, 3.05) is 6.61 Å². The van der Waals surface area contributed by atoms with Gasteiger partial charge in [0.1, 0.15) is 0 Å². The number of aliphatic hydroxyl groups is 1. The lowest BCUT2D eigenvalue weighted by atomic mass is 10.1. The molecular formula is C14H21NO2. The van der Waals surface area contributed by atoms with E-state index >= 15 is 0 Å². The summed E-state index contributed by atoms with van der Waals surface area (Å²) >= 11 is 0. The van der Waals surface area contributed by atoms with Crippen molar-refractivity contribution < 1.29 is 9.90 Å². The van der Waals surface area contributed by atoms with E-state index in [0.717, 1.165) is 18.4 Å². The second kappa shape index (κ2) is 7.07. The molecule has 3 heteroatoms. The van der Waals surface area contributed by atoms with Crippen LogP contribution in [0.4, 0.5) is 0 Å². The van der Waals surface area contributed by atoms with Crippen LogP contribution in [0, 0.1) is 6.92 Å². The third kappa shape index (κ3) is 5.50. The molecule has 0 radical (unpaired) electrons. The van der Waals surface area contributed by atoms with Gasteiger partial charge in [-0.25, -0.2) is 0 Å². The van der Waals surface area contributed by atoms with Gasteiger partial charge in [-0.1, -0.05) is 29.8 Å². The summed E-state index contributed by atoms with van der Waals surface area (Å²) in [5.41, 5.74) is 2.23. The molecule has 0 heterocycles. The zero-order valence-electron chi connectivity index (χ0n) is 10.6. The summed E-state index contributed by atoms with van der Waals surface area (Å²) in [7, 11) is 0. The van der Waals surface area contributed by atoms with E-state index in [-0.39, 0.29) is 18.6 Å². The summed E-state index contributed by atoms with van der Waals surface area (Å²) < 4.78 is 0. The lowest BCUT2D eigenvalue weighted by Gasteiger charge is -2.13. The molecule has 1 rings (SSSR count). The number of nitrogens with one attached hydrogen (secondary N) is 1. The van der Waals surface area contributed by atoms with E-state index in [0.29, 0.717) is 6.42 Å². The normalized spacial score (nSPS) is 12.2. The SMILES string of the molecule is Cc1ccc(CC(=O)NC(C)CCCO)cc1. The maximum atomic E-state index is 11.7. The van der Waals surface area contributed by atoms with Gasteiger partial charge in [0.05, 0.1) is 6.42 Å². The fourth-order valence-electron chi connectivity index (χ4n) is 1.69. The standard InChI is InChI=1S/C14H21NO2/c1-11-5-7-13(8-6-11)10-14(17)15-12(2)4-3-9-16/h5-8,12,16H,3-4,9-10H2,1-2H3,(H,15,17). The molecule has 2 N–H and O–H groups in total. The Balaban J connectivity index is 2.36. The first kappa shape index (κ1) is 13.7. The molecule has 0 saturated carbocycles. The minimum atomic E-state index is 0.0410. The van der Waals surface area contributed by atoms with E-state index in [2.05, 4.69) is 5.32 Å². The maximum absolute atomic E-state index is 11.7. The van der Waals surface area contributed by atoms with Crippen molar-refractivity contribution in [3.8, 4) is 0 Å². The van der Waals surface area contributed by atoms with Gasteiger partial charge in [0.15, 0.2) is 0 Å². The Labute approximate surface area is 103 Å². The molecule has 3 nitrogen and oxygen atoms in total. The predicted molar refractivity (Wildman–Crippen MR) is 68.8 cm³/mol. The first-order valence-electron chi connectivity index (χ1n) is 6.07. The summed E-state index contributed by atoms with van der Waals surface area (Å²) in [6, 6.07) is 8.11. The zero-order valence-corrected chi connectivity index (χ0v) is 10.6. The van der Waals surface area contributed by atoms with Crippen LogP contribution in [0.3, 0.4) is 0 Å². The molecule has 1 unspecified atom stereocenters. The van der Waals surface area contributed by atoms with Crippen LogP contribution in [0.1, 0.15) is 30.9 Å². The van der Waals surface area contributed by atoms with Crippen LogP contribution < -0.4 is 5.32 Å². The van der Waals surface area contributed by atoms with E-state index in [1.54, 1.807) is 0 Å². The molecule has 1 amide bonds. The smallest absolute Gasteiger partial charge is 0.224 e. The Hall–Kier alpha value is -1.35. The molecule has 0 aromatic heterocycles. The highest BCUT2D eigenvalue weighted by atomic mass is 16.2. The van der Waals surface area contributed by atoms with E-state index in [1.807, 2.05) is 38.1 Å². The number of benzene rings is 1. The molecule has 0 fully saturated rings. The Morgan fingerprint density at radius 1 is 1.35 bits per heavy atom. The number of aliphatic hydroxyl groups excluding tert-OH is 1. The minimum Gasteiger partial charge on any atom is -0.396 e. The fourth-order valence-corrected chi connectivity index (χ4v) is 1.69. The second-order valence-corrected chi connectivity index (χ2v) is 4.50. The van der Waals surface area contributed by atoms with E-state index in [1.165, 1.54) is 5.56 Å². The molecular weight excluding hydrogens is 214 g/mol. The van der Waals surface area contributed by atoms with Crippen LogP contribution in [0.25, 0.3) is 0 Å². The molecule has 0 aliphatic heterocycles. The van der Waals surface area contributed by atoms with E-state index < -0.39 is 0 Å². The zero-order chi connectivity index (χ0) is 12.7. The van der Waals surface area contributed by atoms with Crippen LogP contribution in [0.2, 0.25) is 0 Å². The molecule has 0 aliphatic carbocycles. The summed E-state index contributed by atoms with van der Waals surface area (Å²) in [6.07, 6.45) is 1.96. The van der Waals surface area contributed by atoms with Gasteiger partial charge in [-0.15, -0.1) is 0 Å². The number of hydrogen-bond donors (Lipinski definition) is 2. The predicted octanol–water partition coefficient (Wildman–Crippen LogP) is 1.81. The van der Waals surface area contributed by atoms with Crippen molar-refractivity contribution in [3.05, 3.63) is 35.4 Å². The van der Waals surface area contributed by atoms with Gasteiger partial charge in [0.2, 0.25) is 5.91 Å². The average Bonchev–Trinajstić information content (AvgIpc) is 2.29. The molecule has 0 saturated heterocycles. The molecule has 1 aromatic rings. The topological polar surface area (TPSA) is 49.3 Å². The highest BCUT2D eigenvalue weighted by Gasteiger charge is 2.07. The van der Waals surface area contributed by atoms with Crippen LogP contribution in [0.15, 0.2) is 24.3 Å².